The molecule has 1 nitrogen and oxygen atoms in total. The maximum absolute atomic E-state index is 2.44. The largest absolute Gasteiger partial charge is 0.310 e. The van der Waals surface area contributed by atoms with E-state index in [-0.39, 0.29) is 0 Å². The number of hydrogen-bond donors (Lipinski definition) is 0. The summed E-state index contributed by atoms with van der Waals surface area (Å²) in [5.74, 6) is 0. The van der Waals surface area contributed by atoms with E-state index in [0.29, 0.717) is 0 Å². The molecule has 11 aromatic carbocycles. The van der Waals surface area contributed by atoms with Crippen molar-refractivity contribution in [2.24, 2.45) is 0 Å². The molecule has 69 heavy (non-hydrogen) atoms. The van der Waals surface area contributed by atoms with Crippen LogP contribution in [0.5, 0.6) is 0 Å². The number of hydrogen-bond acceptors (Lipinski definition) is 2. The zero-order valence-corrected chi connectivity index (χ0v) is 38.5. The Morgan fingerprint density at radius 1 is 0.261 bits per heavy atom. The molecule has 1 heterocycles. The highest BCUT2D eigenvalue weighted by atomic mass is 32.1. The van der Waals surface area contributed by atoms with Crippen LogP contribution in [0.25, 0.3) is 86.9 Å². The van der Waals surface area contributed by atoms with Crippen molar-refractivity contribution in [3.8, 4) is 66.8 Å². The first kappa shape index (κ1) is 39.6. The van der Waals surface area contributed by atoms with Gasteiger partial charge in [0.25, 0.3) is 0 Å². The fraction of sp³-hybridized carbons (Fsp3) is 0.0149. The minimum Gasteiger partial charge on any atom is -0.310 e. The second-order valence-corrected chi connectivity index (χ2v) is 19.4. The molecule has 0 saturated heterocycles. The van der Waals surface area contributed by atoms with Gasteiger partial charge in [-0.3, -0.25) is 0 Å². The smallest absolute Gasteiger partial charge is 0.0725 e. The Morgan fingerprint density at radius 3 is 1.46 bits per heavy atom. The number of fused-ring (bicyclic) bond motifs is 13. The SMILES string of the molecule is c1ccc(-c2cccc(N(c3cccc(-c4cc(-c5ccccc5)ccc4-c4cccc5c4-c4ccccc4C54c5ccccc5-c5ccccc54)c3)c3ccc4sc5ccccc5c4c3)c2)cc1. The summed E-state index contributed by atoms with van der Waals surface area (Å²) in [5.41, 5.74) is 23.0. The highest BCUT2D eigenvalue weighted by molar-refractivity contribution is 7.25. The summed E-state index contributed by atoms with van der Waals surface area (Å²) in [7, 11) is 0. The van der Waals surface area contributed by atoms with E-state index in [4.69, 9.17) is 0 Å². The predicted molar refractivity (Wildman–Crippen MR) is 292 cm³/mol. The lowest BCUT2D eigenvalue weighted by Crippen LogP contribution is -2.25. The van der Waals surface area contributed by atoms with Crippen LogP contribution in [0.4, 0.5) is 17.1 Å². The van der Waals surface area contributed by atoms with Crippen molar-refractivity contribution in [2.45, 2.75) is 5.41 Å². The molecule has 0 atom stereocenters. The third-order valence-corrected chi connectivity index (χ3v) is 15.8. The van der Waals surface area contributed by atoms with Gasteiger partial charge in [-0.05, 0) is 144 Å². The van der Waals surface area contributed by atoms with Crippen molar-refractivity contribution in [1.82, 2.24) is 0 Å². The summed E-state index contributed by atoms with van der Waals surface area (Å²) in [6, 6.07) is 96.9. The predicted octanol–water partition coefficient (Wildman–Crippen LogP) is 18.5. The molecule has 0 amide bonds. The highest BCUT2D eigenvalue weighted by Crippen LogP contribution is 2.64. The minimum atomic E-state index is -0.428. The first-order chi connectivity index (χ1) is 34.2. The van der Waals surface area contributed by atoms with Crippen LogP contribution in [0.1, 0.15) is 22.3 Å². The molecule has 2 aliphatic rings. The number of thiophene rings is 1. The molecule has 0 N–H and O–H groups in total. The van der Waals surface area contributed by atoms with Gasteiger partial charge in [0.05, 0.1) is 5.41 Å². The van der Waals surface area contributed by atoms with Crippen molar-refractivity contribution in [2.75, 3.05) is 4.90 Å². The maximum atomic E-state index is 2.44. The van der Waals surface area contributed by atoms with Gasteiger partial charge in [-0.15, -0.1) is 11.3 Å². The topological polar surface area (TPSA) is 3.24 Å². The van der Waals surface area contributed by atoms with Gasteiger partial charge >= 0.3 is 0 Å². The van der Waals surface area contributed by atoms with E-state index in [0.717, 1.165) is 22.6 Å². The normalized spacial score (nSPS) is 12.8. The Balaban J connectivity index is 0.997. The number of benzene rings is 11. The molecule has 0 saturated carbocycles. The van der Waals surface area contributed by atoms with Crippen LogP contribution in [0, 0.1) is 0 Å². The average molecular weight is 894 g/mol. The van der Waals surface area contributed by atoms with Gasteiger partial charge < -0.3 is 4.90 Å². The van der Waals surface area contributed by atoms with E-state index in [2.05, 4.69) is 266 Å². The number of anilines is 3. The lowest BCUT2D eigenvalue weighted by atomic mass is 9.70. The Kier molecular flexibility index (Phi) is 9.05. The summed E-state index contributed by atoms with van der Waals surface area (Å²) in [5, 5.41) is 2.56. The van der Waals surface area contributed by atoms with Crippen LogP contribution in [0.3, 0.4) is 0 Å². The molecule has 1 spiro atoms. The molecule has 0 fully saturated rings. The molecule has 322 valence electrons. The van der Waals surface area contributed by atoms with Gasteiger partial charge in [-0.25, -0.2) is 0 Å². The highest BCUT2D eigenvalue weighted by Gasteiger charge is 2.52. The van der Waals surface area contributed by atoms with Gasteiger partial charge in [0.2, 0.25) is 0 Å². The molecule has 2 heteroatoms. The van der Waals surface area contributed by atoms with E-state index in [9.17, 15) is 0 Å². The van der Waals surface area contributed by atoms with Gasteiger partial charge in [0, 0.05) is 37.2 Å². The molecule has 0 aliphatic heterocycles. The zero-order chi connectivity index (χ0) is 45.5. The quantitative estimate of drug-likeness (QED) is 0.154. The summed E-state index contributed by atoms with van der Waals surface area (Å²) >= 11 is 1.86. The van der Waals surface area contributed by atoms with Crippen LogP contribution >= 0.6 is 11.3 Å². The summed E-state index contributed by atoms with van der Waals surface area (Å²) in [4.78, 5) is 2.44. The standard InChI is InChI=1S/C67H43NS/c1-3-18-44(19-4-1)46-22-15-24-49(40-46)68(51-37-39-65-59(43-51)55-28-10-14-35-64(55)69-65)50-25-16-23-48(41-50)58-42-47(45-20-5-2-6-21-45)36-38-52(58)56-30-17-34-63-66(56)57-29-9-13-33-62(57)67(63)60-31-11-7-26-53(60)54-27-8-12-32-61(54)67/h1-43H. The average Bonchev–Trinajstić information content (AvgIpc) is 4.06. The Bertz CT molecular complexity index is 3930. The van der Waals surface area contributed by atoms with E-state index >= 15 is 0 Å². The van der Waals surface area contributed by atoms with Crippen LogP contribution in [0.2, 0.25) is 0 Å². The molecular formula is C67H43NS. The van der Waals surface area contributed by atoms with E-state index in [1.54, 1.807) is 0 Å². The van der Waals surface area contributed by atoms with Crippen molar-refractivity contribution in [1.29, 1.82) is 0 Å². The third kappa shape index (κ3) is 6.09. The fourth-order valence-electron chi connectivity index (χ4n) is 11.8. The van der Waals surface area contributed by atoms with Gasteiger partial charge in [-0.2, -0.15) is 0 Å². The fourth-order valence-corrected chi connectivity index (χ4v) is 12.9. The first-order valence-corrected chi connectivity index (χ1v) is 24.6. The molecule has 2 aliphatic carbocycles. The Morgan fingerprint density at radius 2 is 0.754 bits per heavy atom. The molecule has 14 rings (SSSR count). The summed E-state index contributed by atoms with van der Waals surface area (Å²) in [6.45, 7) is 0. The molecule has 0 radical (unpaired) electrons. The van der Waals surface area contributed by atoms with Crippen molar-refractivity contribution < 1.29 is 0 Å². The van der Waals surface area contributed by atoms with Crippen molar-refractivity contribution in [3.63, 3.8) is 0 Å². The van der Waals surface area contributed by atoms with E-state index in [1.807, 2.05) is 11.3 Å². The lowest BCUT2D eigenvalue weighted by Gasteiger charge is -2.30. The molecule has 0 unspecified atom stereocenters. The molecule has 12 aromatic rings. The summed E-state index contributed by atoms with van der Waals surface area (Å²) in [6.07, 6.45) is 0. The first-order valence-electron chi connectivity index (χ1n) is 23.8. The van der Waals surface area contributed by atoms with Crippen LogP contribution in [-0.2, 0) is 5.41 Å². The van der Waals surface area contributed by atoms with E-state index < -0.39 is 5.41 Å². The number of rotatable bonds is 7. The molecular weight excluding hydrogens is 851 g/mol. The second-order valence-electron chi connectivity index (χ2n) is 18.3. The van der Waals surface area contributed by atoms with Crippen molar-refractivity contribution >= 4 is 48.6 Å². The maximum Gasteiger partial charge on any atom is 0.0725 e. The van der Waals surface area contributed by atoms with Gasteiger partial charge in [0.15, 0.2) is 0 Å². The van der Waals surface area contributed by atoms with Crippen LogP contribution in [-0.4, -0.2) is 0 Å². The Hall–Kier alpha value is -8.56. The minimum absolute atomic E-state index is 0.428. The van der Waals surface area contributed by atoms with E-state index in [1.165, 1.54) is 104 Å². The van der Waals surface area contributed by atoms with Gasteiger partial charge in [-0.1, -0.05) is 206 Å². The van der Waals surface area contributed by atoms with Crippen LogP contribution < -0.4 is 4.90 Å². The third-order valence-electron chi connectivity index (χ3n) is 14.7. The molecule has 1 aromatic heterocycles. The Labute approximate surface area is 406 Å². The lowest BCUT2D eigenvalue weighted by molar-refractivity contribution is 0.794. The van der Waals surface area contributed by atoms with Crippen molar-refractivity contribution in [3.05, 3.63) is 283 Å². The van der Waals surface area contributed by atoms with Crippen LogP contribution in [0.15, 0.2) is 261 Å². The molecule has 0 bridgehead atoms. The zero-order valence-electron chi connectivity index (χ0n) is 37.7. The summed E-state index contributed by atoms with van der Waals surface area (Å²) < 4.78 is 2.59. The second kappa shape index (κ2) is 15.8. The van der Waals surface area contributed by atoms with Gasteiger partial charge in [0.1, 0.15) is 0 Å². The monoisotopic (exact) mass is 893 g/mol. The number of nitrogens with zero attached hydrogens (tertiary/aromatic N) is 1.